The first-order chi connectivity index (χ1) is 16.3. The quantitative estimate of drug-likeness (QED) is 0.240. The van der Waals surface area contributed by atoms with E-state index in [0.29, 0.717) is 12.8 Å². The highest BCUT2D eigenvalue weighted by Crippen LogP contribution is 2.64. The molecule has 1 aliphatic heterocycles. The van der Waals surface area contributed by atoms with Gasteiger partial charge in [-0.2, -0.15) is 0 Å². The van der Waals surface area contributed by atoms with Crippen molar-refractivity contribution in [2.24, 2.45) is 28.1 Å². The van der Waals surface area contributed by atoms with Crippen LogP contribution in [0.15, 0.2) is 24.3 Å². The molecule has 0 aromatic rings. The number of carbonyl (C=O) groups is 1. The average Bonchev–Trinajstić information content (AvgIpc) is 2.82. The molecule has 3 aliphatic carbocycles. The van der Waals surface area contributed by atoms with Crippen molar-refractivity contribution in [2.75, 3.05) is 6.61 Å². The highest BCUT2D eigenvalue weighted by molar-refractivity contribution is 5.78. The molecular weight excluding hydrogens is 456 g/mol. The van der Waals surface area contributed by atoms with Crippen LogP contribution in [-0.4, -0.2) is 86.1 Å². The minimum Gasteiger partial charge on any atom is -0.432 e. The Kier molecular flexibility index (Phi) is 7.03. The lowest BCUT2D eigenvalue weighted by atomic mass is 9.44. The lowest BCUT2D eigenvalue weighted by molar-refractivity contribution is -0.300. The Hall–Kier alpha value is -1.33. The molecule has 3 fully saturated rings. The highest BCUT2D eigenvalue weighted by atomic mass is 16.7. The number of ether oxygens (including phenoxy) is 2. The summed E-state index contributed by atoms with van der Waals surface area (Å²) in [7, 11) is 0. The minimum absolute atomic E-state index is 0.00364. The molecule has 9 heteroatoms. The Bertz CT molecular complexity index is 873. The fourth-order valence-electron chi connectivity index (χ4n) is 7.30. The van der Waals surface area contributed by atoms with E-state index in [9.17, 15) is 35.4 Å². The molecule has 1 heterocycles. The molecule has 198 valence electrons. The molecule has 4 rings (SSSR count). The Balaban J connectivity index is 1.64. The van der Waals surface area contributed by atoms with Crippen LogP contribution in [0, 0.1) is 28.1 Å². The normalized spacial score (nSPS) is 52.0. The monoisotopic (exact) mass is 496 g/mol. The number of fused-ring (bicyclic) bond motifs is 3. The third-order valence-corrected chi connectivity index (χ3v) is 9.62. The van der Waals surface area contributed by atoms with E-state index in [4.69, 9.17) is 9.47 Å². The van der Waals surface area contributed by atoms with Gasteiger partial charge in [-0.1, -0.05) is 31.6 Å². The van der Waals surface area contributed by atoms with Crippen molar-refractivity contribution in [2.45, 2.75) is 95.8 Å². The fraction of sp³-hybridized carbons (Fsp3) is 0.808. The van der Waals surface area contributed by atoms with Crippen LogP contribution in [-0.2, 0) is 14.3 Å². The first kappa shape index (κ1) is 26.7. The summed E-state index contributed by atoms with van der Waals surface area (Å²) in [6.45, 7) is 9.18. The van der Waals surface area contributed by atoms with E-state index in [2.05, 4.69) is 26.5 Å². The van der Waals surface area contributed by atoms with Crippen molar-refractivity contribution in [3.63, 3.8) is 0 Å². The predicted octanol–water partition coefficient (Wildman–Crippen LogP) is 0.406. The van der Waals surface area contributed by atoms with E-state index in [0.717, 1.165) is 19.3 Å². The van der Waals surface area contributed by atoms with Gasteiger partial charge in [-0.25, -0.2) is 0 Å². The third kappa shape index (κ3) is 4.09. The third-order valence-electron chi connectivity index (χ3n) is 9.62. The van der Waals surface area contributed by atoms with Gasteiger partial charge in [-0.3, -0.25) is 4.79 Å². The first-order valence-electron chi connectivity index (χ1n) is 12.5. The van der Waals surface area contributed by atoms with Crippen LogP contribution in [0.5, 0.6) is 0 Å². The molecule has 4 aliphatic rings. The maximum atomic E-state index is 13.7. The predicted molar refractivity (Wildman–Crippen MR) is 125 cm³/mol. The molecule has 0 amide bonds. The van der Waals surface area contributed by atoms with Gasteiger partial charge in [-0.15, -0.1) is 6.58 Å². The Morgan fingerprint density at radius 2 is 1.86 bits per heavy atom. The van der Waals surface area contributed by atoms with Crippen LogP contribution in [0.2, 0.25) is 0 Å². The summed E-state index contributed by atoms with van der Waals surface area (Å²) in [5.74, 6) is -1.09. The maximum Gasteiger partial charge on any atom is 0.317 e. The molecule has 6 N–H and O–H groups in total. The smallest absolute Gasteiger partial charge is 0.317 e. The molecule has 0 aromatic carbocycles. The summed E-state index contributed by atoms with van der Waals surface area (Å²) in [5.41, 5.74) is -0.699. The molecular formula is C26H40O9. The number of esters is 1. The first-order valence-corrected chi connectivity index (χ1v) is 12.5. The zero-order valence-corrected chi connectivity index (χ0v) is 20.7. The lowest BCUT2D eigenvalue weighted by Crippen LogP contribution is -2.65. The largest absolute Gasteiger partial charge is 0.432 e. The summed E-state index contributed by atoms with van der Waals surface area (Å²) in [5, 5.41) is 61.9. The van der Waals surface area contributed by atoms with Gasteiger partial charge in [0.25, 0.3) is 0 Å². The van der Waals surface area contributed by atoms with Gasteiger partial charge < -0.3 is 40.1 Å². The summed E-state index contributed by atoms with van der Waals surface area (Å²) < 4.78 is 10.9. The molecule has 0 spiro atoms. The number of allylic oxidation sites excluding steroid dienone is 3. The fourth-order valence-corrected chi connectivity index (χ4v) is 7.30. The van der Waals surface area contributed by atoms with E-state index in [1.807, 2.05) is 6.08 Å². The van der Waals surface area contributed by atoms with Crippen LogP contribution < -0.4 is 0 Å². The zero-order valence-electron chi connectivity index (χ0n) is 20.7. The molecule has 0 bridgehead atoms. The molecule has 2 saturated carbocycles. The van der Waals surface area contributed by atoms with E-state index in [-0.39, 0.29) is 17.3 Å². The number of rotatable bonds is 4. The molecule has 9 nitrogen and oxygen atoms in total. The van der Waals surface area contributed by atoms with Crippen molar-refractivity contribution >= 4 is 5.97 Å². The number of hydrogen-bond acceptors (Lipinski definition) is 9. The standard InChI is InChI=1S/C26H40O9/c1-5-24(2)9-8-14-13(10-24)6-7-17-25(14,3)11-15(28)21(32)26(17,4)23(33)35-22-20(31)19(30)18(29)16(12-27)34-22/h5-6,14-22,27-32H,1,7-12H2,2-4H3. The molecule has 1 saturated heterocycles. The van der Waals surface area contributed by atoms with Gasteiger partial charge in [0.1, 0.15) is 24.4 Å². The van der Waals surface area contributed by atoms with Crippen LogP contribution in [0.4, 0.5) is 0 Å². The molecule has 12 atom stereocenters. The number of hydrogen-bond donors (Lipinski definition) is 6. The summed E-state index contributed by atoms with van der Waals surface area (Å²) in [4.78, 5) is 13.7. The average molecular weight is 497 g/mol. The molecule has 12 unspecified atom stereocenters. The number of aliphatic hydroxyl groups is 6. The Labute approximate surface area is 206 Å². The van der Waals surface area contributed by atoms with Crippen molar-refractivity contribution < 1.29 is 44.9 Å². The Morgan fingerprint density at radius 1 is 1.17 bits per heavy atom. The van der Waals surface area contributed by atoms with Crippen molar-refractivity contribution in [1.29, 1.82) is 0 Å². The summed E-state index contributed by atoms with van der Waals surface area (Å²) in [6.07, 6.45) is -2.77. The molecule has 35 heavy (non-hydrogen) atoms. The van der Waals surface area contributed by atoms with Crippen LogP contribution in [0.1, 0.15) is 52.9 Å². The van der Waals surface area contributed by atoms with Crippen molar-refractivity contribution in [1.82, 2.24) is 0 Å². The van der Waals surface area contributed by atoms with Gasteiger partial charge in [0.15, 0.2) is 0 Å². The van der Waals surface area contributed by atoms with Crippen LogP contribution in [0.3, 0.4) is 0 Å². The van der Waals surface area contributed by atoms with Crippen molar-refractivity contribution in [3.8, 4) is 0 Å². The van der Waals surface area contributed by atoms with E-state index < -0.39 is 66.3 Å². The topological polar surface area (TPSA) is 157 Å². The minimum atomic E-state index is -1.75. The molecule has 0 radical (unpaired) electrons. The van der Waals surface area contributed by atoms with Crippen molar-refractivity contribution in [3.05, 3.63) is 24.3 Å². The number of aliphatic hydroxyl groups excluding tert-OH is 6. The Morgan fingerprint density at radius 3 is 2.49 bits per heavy atom. The zero-order chi connectivity index (χ0) is 25.9. The highest BCUT2D eigenvalue weighted by Gasteiger charge is 2.65. The second-order valence-corrected chi connectivity index (χ2v) is 11.8. The van der Waals surface area contributed by atoms with Gasteiger partial charge in [0, 0.05) is 0 Å². The summed E-state index contributed by atoms with van der Waals surface area (Å²) >= 11 is 0. The van der Waals surface area contributed by atoms with E-state index in [1.54, 1.807) is 6.92 Å². The van der Waals surface area contributed by atoms with Crippen LogP contribution in [0.25, 0.3) is 0 Å². The van der Waals surface area contributed by atoms with Gasteiger partial charge in [-0.05, 0) is 61.7 Å². The lowest BCUT2D eigenvalue weighted by Gasteiger charge is -2.61. The van der Waals surface area contributed by atoms with Crippen LogP contribution >= 0.6 is 0 Å². The van der Waals surface area contributed by atoms with E-state index in [1.165, 1.54) is 5.57 Å². The second kappa shape index (κ2) is 9.20. The molecule has 0 aromatic heterocycles. The summed E-state index contributed by atoms with van der Waals surface area (Å²) in [6, 6.07) is 0. The van der Waals surface area contributed by atoms with Gasteiger partial charge in [0.05, 0.1) is 24.2 Å². The van der Waals surface area contributed by atoms with E-state index >= 15 is 0 Å². The maximum absolute atomic E-state index is 13.7. The SMILES string of the molecule is C=CC1(C)CCC2C(=CCC3C2(C)CC(O)C(O)C3(C)C(=O)OC2OC(CO)C(O)C(O)C2O)C1. The van der Waals surface area contributed by atoms with Gasteiger partial charge >= 0.3 is 5.97 Å². The van der Waals surface area contributed by atoms with Gasteiger partial charge in [0.2, 0.25) is 6.29 Å². The number of carbonyl (C=O) groups excluding carboxylic acids is 1. The second-order valence-electron chi connectivity index (χ2n) is 11.8.